The normalized spacial score (nSPS) is 24.6. The van der Waals surface area contributed by atoms with Gasteiger partial charge in [0.1, 0.15) is 12.0 Å². The zero-order chi connectivity index (χ0) is 8.10. The summed E-state index contributed by atoms with van der Waals surface area (Å²) in [7, 11) is 0. The molecular weight excluding hydrogens is 166 g/mol. The molecule has 1 aliphatic rings. The number of piperidine rings is 1. The van der Waals surface area contributed by atoms with E-state index < -0.39 is 0 Å². The van der Waals surface area contributed by atoms with E-state index in [9.17, 15) is 4.79 Å². The molecule has 0 aromatic rings. The third-order valence-corrected chi connectivity index (χ3v) is 1.88. The third-order valence-electron chi connectivity index (χ3n) is 1.66. The number of nitrogens with one attached hydrogen (secondary N) is 1. The minimum absolute atomic E-state index is 0.0370. The van der Waals surface area contributed by atoms with Crippen molar-refractivity contribution in [3.8, 4) is 0 Å². The van der Waals surface area contributed by atoms with Gasteiger partial charge in [0.2, 0.25) is 0 Å². The maximum Gasteiger partial charge on any atom is 0.321 e. The van der Waals surface area contributed by atoms with Gasteiger partial charge in [-0.1, -0.05) is 0 Å². The molecule has 0 aromatic heterocycles. The number of hydrogen-bond donors (Lipinski definition) is 1. The van der Waals surface area contributed by atoms with Crippen molar-refractivity contribution in [2.45, 2.75) is 18.9 Å². The molecule has 3 nitrogen and oxygen atoms in total. The molecule has 1 N–H and O–H groups in total. The van der Waals surface area contributed by atoms with Crippen molar-refractivity contribution in [3.63, 3.8) is 0 Å². The molecule has 1 fully saturated rings. The summed E-state index contributed by atoms with van der Waals surface area (Å²) in [6.45, 7) is 1.79. The van der Waals surface area contributed by atoms with Crippen molar-refractivity contribution >= 4 is 17.6 Å². The Morgan fingerprint density at radius 3 is 3.09 bits per heavy atom. The molecule has 1 atom stereocenters. The van der Waals surface area contributed by atoms with Crippen molar-refractivity contribution in [2.75, 3.05) is 19.0 Å². The van der Waals surface area contributed by atoms with Gasteiger partial charge in [-0.25, -0.2) is 0 Å². The first-order valence-corrected chi connectivity index (χ1v) is 4.32. The van der Waals surface area contributed by atoms with Gasteiger partial charge in [0.05, 0.1) is 0 Å². The smallest absolute Gasteiger partial charge is 0.321 e. The van der Waals surface area contributed by atoms with Crippen LogP contribution in [0.1, 0.15) is 12.8 Å². The van der Waals surface area contributed by atoms with Crippen LogP contribution in [-0.2, 0) is 9.53 Å². The molecule has 0 aromatic carbocycles. The fraction of sp³-hybridized carbons (Fsp3) is 0.857. The van der Waals surface area contributed by atoms with Gasteiger partial charge >= 0.3 is 5.97 Å². The molecule has 0 saturated carbocycles. The first-order valence-electron chi connectivity index (χ1n) is 3.79. The molecule has 1 rings (SSSR count). The Bertz CT molecular complexity index is 134. The predicted molar refractivity (Wildman–Crippen MR) is 42.7 cm³/mol. The van der Waals surface area contributed by atoms with Crippen LogP contribution < -0.4 is 5.32 Å². The summed E-state index contributed by atoms with van der Waals surface area (Å²) < 4.78 is 5.01. The highest BCUT2D eigenvalue weighted by atomic mass is 35.5. The quantitative estimate of drug-likeness (QED) is 0.494. The fourth-order valence-electron chi connectivity index (χ4n) is 1.14. The Balaban J connectivity index is 2.19. The summed E-state index contributed by atoms with van der Waals surface area (Å²) in [6, 6.07) is 0. The molecule has 1 heterocycles. The summed E-state index contributed by atoms with van der Waals surface area (Å²) >= 11 is 5.28. The van der Waals surface area contributed by atoms with Crippen LogP contribution in [0.2, 0.25) is 0 Å². The lowest BCUT2D eigenvalue weighted by molar-refractivity contribution is -0.146. The summed E-state index contributed by atoms with van der Waals surface area (Å²) in [5.41, 5.74) is 0. The average molecular weight is 178 g/mol. The molecule has 0 aliphatic carbocycles. The van der Waals surface area contributed by atoms with Crippen LogP contribution in [0.25, 0.3) is 0 Å². The maximum atomic E-state index is 10.7. The molecule has 1 saturated heterocycles. The van der Waals surface area contributed by atoms with Gasteiger partial charge in [0.15, 0.2) is 0 Å². The summed E-state index contributed by atoms with van der Waals surface area (Å²) in [6.07, 6.45) is 2.06. The number of halogens is 1. The van der Waals surface area contributed by atoms with E-state index >= 15 is 0 Å². The van der Waals surface area contributed by atoms with Gasteiger partial charge < -0.3 is 10.1 Å². The molecule has 1 aliphatic heterocycles. The van der Waals surface area contributed by atoms with Crippen LogP contribution in [-0.4, -0.2) is 31.0 Å². The van der Waals surface area contributed by atoms with Crippen LogP contribution in [0.5, 0.6) is 0 Å². The van der Waals surface area contributed by atoms with Crippen LogP contribution in [0.15, 0.2) is 0 Å². The van der Waals surface area contributed by atoms with Crippen LogP contribution >= 0.6 is 11.6 Å². The first-order chi connectivity index (χ1) is 5.33. The van der Waals surface area contributed by atoms with Crippen LogP contribution in [0.4, 0.5) is 0 Å². The van der Waals surface area contributed by atoms with Gasteiger partial charge in [0.25, 0.3) is 0 Å². The van der Waals surface area contributed by atoms with E-state index in [2.05, 4.69) is 5.32 Å². The van der Waals surface area contributed by atoms with E-state index in [1.807, 2.05) is 0 Å². The van der Waals surface area contributed by atoms with Crippen molar-refractivity contribution in [1.29, 1.82) is 0 Å². The number of ether oxygens (including phenoxy) is 1. The van der Waals surface area contributed by atoms with Crippen molar-refractivity contribution < 1.29 is 9.53 Å². The minimum Gasteiger partial charge on any atom is -0.460 e. The number of esters is 1. The molecule has 64 valence electrons. The van der Waals surface area contributed by atoms with Gasteiger partial charge in [-0.15, -0.1) is 11.6 Å². The van der Waals surface area contributed by atoms with E-state index in [4.69, 9.17) is 16.3 Å². The van der Waals surface area contributed by atoms with E-state index in [-0.39, 0.29) is 18.0 Å². The van der Waals surface area contributed by atoms with E-state index in [0.29, 0.717) is 0 Å². The lowest BCUT2D eigenvalue weighted by Gasteiger charge is -2.22. The second kappa shape index (κ2) is 4.57. The van der Waals surface area contributed by atoms with Crippen LogP contribution in [0.3, 0.4) is 0 Å². The molecular formula is C7H12ClNO2. The molecule has 4 heteroatoms. The number of carbonyl (C=O) groups is 1. The molecule has 11 heavy (non-hydrogen) atoms. The van der Waals surface area contributed by atoms with Gasteiger partial charge in [0, 0.05) is 6.54 Å². The zero-order valence-corrected chi connectivity index (χ0v) is 7.06. The summed E-state index contributed by atoms with van der Waals surface area (Å²) in [5.74, 6) is -0.364. The van der Waals surface area contributed by atoms with Crippen molar-refractivity contribution in [2.24, 2.45) is 0 Å². The first kappa shape index (κ1) is 8.81. The van der Waals surface area contributed by atoms with Gasteiger partial charge in [-0.3, -0.25) is 4.79 Å². The van der Waals surface area contributed by atoms with E-state index in [1.54, 1.807) is 0 Å². The highest BCUT2D eigenvalue weighted by molar-refractivity contribution is 6.26. The molecule has 0 amide bonds. The second-order valence-corrected chi connectivity index (χ2v) is 2.86. The van der Waals surface area contributed by atoms with E-state index in [1.165, 1.54) is 0 Å². The number of carbonyl (C=O) groups excluding carboxylic acids is 1. The van der Waals surface area contributed by atoms with E-state index in [0.717, 1.165) is 25.9 Å². The van der Waals surface area contributed by atoms with Crippen molar-refractivity contribution in [3.05, 3.63) is 0 Å². The molecule has 0 bridgehead atoms. The fourth-order valence-corrected chi connectivity index (χ4v) is 1.20. The monoisotopic (exact) mass is 177 g/mol. The second-order valence-electron chi connectivity index (χ2n) is 2.59. The molecule has 0 spiro atoms. The standard InChI is InChI=1S/C7H12ClNO2/c8-4-7(10)11-6-2-1-3-9-5-6/h6,9H,1-5H2/t6-/m1/s1. The number of alkyl halides is 1. The lowest BCUT2D eigenvalue weighted by atomic mass is 10.1. The number of hydrogen-bond acceptors (Lipinski definition) is 3. The third kappa shape index (κ3) is 3.08. The Morgan fingerprint density at radius 2 is 2.55 bits per heavy atom. The summed E-state index contributed by atoms with van der Waals surface area (Å²) in [4.78, 5) is 10.7. The van der Waals surface area contributed by atoms with Gasteiger partial charge in [-0.05, 0) is 19.4 Å². The Hall–Kier alpha value is -0.280. The zero-order valence-electron chi connectivity index (χ0n) is 6.31. The largest absolute Gasteiger partial charge is 0.460 e. The molecule has 0 unspecified atom stereocenters. The molecule has 0 radical (unpaired) electrons. The predicted octanol–water partition coefficient (Wildman–Crippen LogP) is 0.520. The minimum atomic E-state index is -0.319. The highest BCUT2D eigenvalue weighted by Gasteiger charge is 2.16. The lowest BCUT2D eigenvalue weighted by Crippen LogP contribution is -2.36. The maximum absolute atomic E-state index is 10.7. The van der Waals surface area contributed by atoms with Gasteiger partial charge in [-0.2, -0.15) is 0 Å². The Labute approximate surface area is 71.1 Å². The SMILES string of the molecule is O=C(CCl)O[C@@H]1CCCNC1. The highest BCUT2D eigenvalue weighted by Crippen LogP contribution is 2.06. The Morgan fingerprint density at radius 1 is 1.73 bits per heavy atom. The topological polar surface area (TPSA) is 38.3 Å². The van der Waals surface area contributed by atoms with Crippen LogP contribution in [0, 0.1) is 0 Å². The summed E-state index contributed by atoms with van der Waals surface area (Å²) in [5, 5.41) is 3.14. The average Bonchev–Trinajstić information content (AvgIpc) is 2.06. The van der Waals surface area contributed by atoms with Crippen molar-refractivity contribution in [1.82, 2.24) is 5.32 Å². The Kier molecular flexibility index (Phi) is 3.66. The number of rotatable bonds is 2.